The summed E-state index contributed by atoms with van der Waals surface area (Å²) in [4.78, 5) is 22.6. The van der Waals surface area contributed by atoms with Gasteiger partial charge in [-0.3, -0.25) is 4.79 Å². The molecule has 1 aliphatic heterocycles. The molecule has 0 aliphatic carbocycles. The molecular weight excluding hydrogens is 319 g/mol. The van der Waals surface area contributed by atoms with Gasteiger partial charge in [0.05, 0.1) is 5.69 Å². The molecule has 1 aromatic carbocycles. The Labute approximate surface area is 138 Å². The number of anilines is 2. The van der Waals surface area contributed by atoms with E-state index >= 15 is 0 Å². The normalized spacial score (nSPS) is 14.6. The van der Waals surface area contributed by atoms with Crippen LogP contribution < -0.4 is 10.2 Å². The first-order valence-corrected chi connectivity index (χ1v) is 7.85. The van der Waals surface area contributed by atoms with Crippen molar-refractivity contribution in [2.75, 3.05) is 23.3 Å². The third-order valence-corrected chi connectivity index (χ3v) is 3.98. The number of amides is 1. The average Bonchev–Trinajstić information content (AvgIpc) is 2.58. The highest BCUT2D eigenvalue weighted by Gasteiger charge is 2.16. The van der Waals surface area contributed by atoms with Crippen molar-refractivity contribution >= 4 is 29.0 Å². The van der Waals surface area contributed by atoms with E-state index in [0.717, 1.165) is 37.8 Å². The summed E-state index contributed by atoms with van der Waals surface area (Å²) in [5.41, 5.74) is 0.271. The standard InChI is InChI=1S/C16H16ClFN4O/c17-11-4-5-13(12(18)8-11)21-16(23)14-9-15(20-10-19-14)22-6-2-1-3-7-22/h4-5,8-10H,1-3,6-7H2,(H,21,23). The van der Waals surface area contributed by atoms with Crippen molar-refractivity contribution in [2.45, 2.75) is 19.3 Å². The van der Waals surface area contributed by atoms with E-state index in [4.69, 9.17) is 11.6 Å². The van der Waals surface area contributed by atoms with Gasteiger partial charge in [-0.15, -0.1) is 0 Å². The average molecular weight is 335 g/mol. The molecule has 0 atom stereocenters. The molecule has 23 heavy (non-hydrogen) atoms. The fraction of sp³-hybridized carbons (Fsp3) is 0.312. The maximum Gasteiger partial charge on any atom is 0.274 e. The molecule has 120 valence electrons. The lowest BCUT2D eigenvalue weighted by Crippen LogP contribution is -2.30. The van der Waals surface area contributed by atoms with Crippen LogP contribution in [0.4, 0.5) is 15.9 Å². The summed E-state index contributed by atoms with van der Waals surface area (Å²) in [6, 6.07) is 5.71. The van der Waals surface area contributed by atoms with E-state index in [1.54, 1.807) is 6.07 Å². The summed E-state index contributed by atoms with van der Waals surface area (Å²) in [5, 5.41) is 2.78. The number of nitrogens with one attached hydrogen (secondary N) is 1. The molecule has 1 amide bonds. The van der Waals surface area contributed by atoms with Gasteiger partial charge in [0, 0.05) is 24.2 Å². The first-order chi connectivity index (χ1) is 11.1. The number of piperidine rings is 1. The summed E-state index contributed by atoms with van der Waals surface area (Å²) in [7, 11) is 0. The fourth-order valence-corrected chi connectivity index (χ4v) is 2.70. The SMILES string of the molecule is O=C(Nc1ccc(Cl)cc1F)c1cc(N2CCCCC2)ncn1. The second-order valence-electron chi connectivity index (χ2n) is 5.39. The molecule has 5 nitrogen and oxygen atoms in total. The van der Waals surface area contributed by atoms with Gasteiger partial charge in [0.2, 0.25) is 0 Å². The maximum atomic E-state index is 13.8. The Morgan fingerprint density at radius 3 is 2.70 bits per heavy atom. The number of carbonyl (C=O) groups excluding carboxylic acids is 1. The molecule has 0 bridgehead atoms. The summed E-state index contributed by atoms with van der Waals surface area (Å²) < 4.78 is 13.8. The Morgan fingerprint density at radius 2 is 1.96 bits per heavy atom. The molecule has 2 aromatic rings. The molecular formula is C16H16ClFN4O. The minimum Gasteiger partial charge on any atom is -0.357 e. The molecule has 3 rings (SSSR count). The minimum absolute atomic E-state index is 0.0672. The van der Waals surface area contributed by atoms with Gasteiger partial charge in [-0.1, -0.05) is 11.6 Å². The molecule has 7 heteroatoms. The van der Waals surface area contributed by atoms with Gasteiger partial charge in [0.25, 0.3) is 5.91 Å². The van der Waals surface area contributed by atoms with Gasteiger partial charge in [-0.25, -0.2) is 14.4 Å². The van der Waals surface area contributed by atoms with Crippen molar-refractivity contribution in [1.29, 1.82) is 0 Å². The second kappa shape index (κ2) is 6.91. The van der Waals surface area contributed by atoms with Crippen molar-refractivity contribution < 1.29 is 9.18 Å². The molecule has 0 radical (unpaired) electrons. The van der Waals surface area contributed by atoms with E-state index in [9.17, 15) is 9.18 Å². The predicted molar refractivity (Wildman–Crippen MR) is 87.5 cm³/mol. The van der Waals surface area contributed by atoms with Crippen molar-refractivity contribution in [2.24, 2.45) is 0 Å². The summed E-state index contributed by atoms with van der Waals surface area (Å²) in [6.45, 7) is 1.84. The molecule has 0 spiro atoms. The third-order valence-electron chi connectivity index (χ3n) is 3.74. The molecule has 1 fully saturated rings. The number of hydrogen-bond donors (Lipinski definition) is 1. The Kier molecular flexibility index (Phi) is 4.71. The third kappa shape index (κ3) is 3.76. The van der Waals surface area contributed by atoms with Crippen LogP contribution in [-0.4, -0.2) is 29.0 Å². The van der Waals surface area contributed by atoms with Gasteiger partial charge in [0.1, 0.15) is 23.7 Å². The van der Waals surface area contributed by atoms with Gasteiger partial charge in [0.15, 0.2) is 0 Å². The second-order valence-corrected chi connectivity index (χ2v) is 5.82. The summed E-state index contributed by atoms with van der Waals surface area (Å²) in [5.74, 6) is -0.343. The van der Waals surface area contributed by atoms with Crippen molar-refractivity contribution in [1.82, 2.24) is 9.97 Å². The van der Waals surface area contributed by atoms with E-state index in [-0.39, 0.29) is 16.4 Å². The van der Waals surface area contributed by atoms with E-state index in [1.807, 2.05) is 0 Å². The van der Waals surface area contributed by atoms with E-state index in [0.29, 0.717) is 0 Å². The van der Waals surface area contributed by atoms with Gasteiger partial charge < -0.3 is 10.2 Å². The quantitative estimate of drug-likeness (QED) is 0.933. The fourth-order valence-electron chi connectivity index (χ4n) is 2.54. The lowest BCUT2D eigenvalue weighted by atomic mass is 10.1. The number of halogens is 2. The minimum atomic E-state index is -0.587. The van der Waals surface area contributed by atoms with Crippen molar-refractivity contribution in [3.05, 3.63) is 47.1 Å². The van der Waals surface area contributed by atoms with Gasteiger partial charge in [-0.2, -0.15) is 0 Å². The highest BCUT2D eigenvalue weighted by molar-refractivity contribution is 6.30. The van der Waals surface area contributed by atoms with E-state index < -0.39 is 11.7 Å². The monoisotopic (exact) mass is 334 g/mol. The van der Waals surface area contributed by atoms with Crippen LogP contribution in [0.1, 0.15) is 29.8 Å². The van der Waals surface area contributed by atoms with E-state index in [2.05, 4.69) is 20.2 Å². The summed E-state index contributed by atoms with van der Waals surface area (Å²) in [6.07, 6.45) is 4.80. The molecule has 0 unspecified atom stereocenters. The molecule has 1 aromatic heterocycles. The van der Waals surface area contributed by atoms with Crippen LogP contribution in [0.3, 0.4) is 0 Å². The molecule has 0 saturated carbocycles. The first kappa shape index (κ1) is 15.7. The number of aromatic nitrogens is 2. The number of benzene rings is 1. The Hall–Kier alpha value is -2.21. The Balaban J connectivity index is 1.76. The van der Waals surface area contributed by atoms with Crippen LogP contribution >= 0.6 is 11.6 Å². The van der Waals surface area contributed by atoms with Gasteiger partial charge >= 0.3 is 0 Å². The first-order valence-electron chi connectivity index (χ1n) is 7.47. The highest BCUT2D eigenvalue weighted by atomic mass is 35.5. The van der Waals surface area contributed by atoms with Crippen LogP contribution in [-0.2, 0) is 0 Å². The zero-order valence-corrected chi connectivity index (χ0v) is 13.2. The highest BCUT2D eigenvalue weighted by Crippen LogP contribution is 2.21. The van der Waals surface area contributed by atoms with Crippen LogP contribution in [0.15, 0.2) is 30.6 Å². The maximum absolute atomic E-state index is 13.8. The van der Waals surface area contributed by atoms with Crippen LogP contribution in [0.5, 0.6) is 0 Å². The Bertz CT molecular complexity index is 719. The zero-order valence-electron chi connectivity index (χ0n) is 12.4. The molecule has 2 heterocycles. The number of rotatable bonds is 3. The Morgan fingerprint density at radius 1 is 1.17 bits per heavy atom. The van der Waals surface area contributed by atoms with Crippen molar-refractivity contribution in [3.63, 3.8) is 0 Å². The molecule has 1 aliphatic rings. The smallest absolute Gasteiger partial charge is 0.274 e. The lowest BCUT2D eigenvalue weighted by Gasteiger charge is -2.27. The lowest BCUT2D eigenvalue weighted by molar-refractivity contribution is 0.102. The largest absolute Gasteiger partial charge is 0.357 e. The van der Waals surface area contributed by atoms with Crippen molar-refractivity contribution in [3.8, 4) is 0 Å². The predicted octanol–water partition coefficient (Wildman–Crippen LogP) is 3.51. The van der Waals surface area contributed by atoms with Crippen LogP contribution in [0.25, 0.3) is 0 Å². The molecule has 1 saturated heterocycles. The summed E-state index contributed by atoms with van der Waals surface area (Å²) >= 11 is 5.70. The van der Waals surface area contributed by atoms with Gasteiger partial charge in [-0.05, 0) is 37.5 Å². The van der Waals surface area contributed by atoms with E-state index in [1.165, 1.54) is 24.9 Å². The van der Waals surface area contributed by atoms with Crippen LogP contribution in [0, 0.1) is 5.82 Å². The number of nitrogens with zero attached hydrogens (tertiary/aromatic N) is 3. The zero-order chi connectivity index (χ0) is 16.2. The number of carbonyl (C=O) groups is 1. The number of hydrogen-bond acceptors (Lipinski definition) is 4. The topological polar surface area (TPSA) is 58.1 Å². The van der Waals surface area contributed by atoms with Crippen LogP contribution in [0.2, 0.25) is 5.02 Å². The molecule has 1 N–H and O–H groups in total.